The van der Waals surface area contributed by atoms with Crippen LogP contribution < -0.4 is 5.32 Å². The highest BCUT2D eigenvalue weighted by Gasteiger charge is 2.31. The van der Waals surface area contributed by atoms with E-state index >= 15 is 0 Å². The highest BCUT2D eigenvalue weighted by molar-refractivity contribution is 7.89. The monoisotopic (exact) mass is 377 g/mol. The van der Waals surface area contributed by atoms with Crippen LogP contribution in [-0.2, 0) is 10.0 Å². The van der Waals surface area contributed by atoms with Crippen LogP contribution in [0.3, 0.4) is 0 Å². The molecule has 0 amide bonds. The Bertz CT molecular complexity index is 673. The van der Waals surface area contributed by atoms with Gasteiger partial charge in [0.1, 0.15) is 0 Å². The minimum atomic E-state index is -3.68. The SMILES string of the molecule is CNCCC1CCN(S(=O)(=O)c2cc([N+](=O)[O-])ccc2C)CC1.Cl. The first-order chi connectivity index (χ1) is 10.9. The molecular formula is C15H24ClN3O4S. The number of nitrogens with one attached hydrogen (secondary N) is 1. The quantitative estimate of drug-likeness (QED) is 0.606. The molecule has 1 heterocycles. The van der Waals surface area contributed by atoms with Crippen LogP contribution in [0.4, 0.5) is 5.69 Å². The van der Waals surface area contributed by atoms with E-state index in [-0.39, 0.29) is 23.0 Å². The Morgan fingerprint density at radius 3 is 2.50 bits per heavy atom. The number of hydrogen-bond donors (Lipinski definition) is 1. The van der Waals surface area contributed by atoms with Crippen molar-refractivity contribution in [2.24, 2.45) is 5.92 Å². The van der Waals surface area contributed by atoms with Crippen molar-refractivity contribution in [3.05, 3.63) is 33.9 Å². The molecule has 0 radical (unpaired) electrons. The number of nitrogens with zero attached hydrogens (tertiary/aromatic N) is 2. The van der Waals surface area contributed by atoms with Gasteiger partial charge in [0.05, 0.1) is 9.82 Å². The molecule has 0 aliphatic carbocycles. The Morgan fingerprint density at radius 2 is 1.96 bits per heavy atom. The fourth-order valence-electron chi connectivity index (χ4n) is 2.91. The number of rotatable bonds is 6. The van der Waals surface area contributed by atoms with Crippen molar-refractivity contribution < 1.29 is 13.3 Å². The Hall–Kier alpha value is -1.22. The van der Waals surface area contributed by atoms with Crippen LogP contribution in [0.25, 0.3) is 0 Å². The number of non-ortho nitro benzene ring substituents is 1. The molecule has 2 rings (SSSR count). The lowest BCUT2D eigenvalue weighted by molar-refractivity contribution is -0.385. The second-order valence-corrected chi connectivity index (χ2v) is 7.85. The molecule has 0 atom stereocenters. The second kappa shape index (κ2) is 8.75. The minimum Gasteiger partial charge on any atom is -0.320 e. The van der Waals surface area contributed by atoms with Gasteiger partial charge in [0.15, 0.2) is 0 Å². The van der Waals surface area contributed by atoms with Crippen molar-refractivity contribution >= 4 is 28.1 Å². The predicted molar refractivity (Wildman–Crippen MR) is 95.1 cm³/mol. The molecule has 1 aromatic rings. The topological polar surface area (TPSA) is 92.6 Å². The number of nitro benzene ring substituents is 1. The summed E-state index contributed by atoms with van der Waals surface area (Å²) in [6.45, 7) is 3.54. The summed E-state index contributed by atoms with van der Waals surface area (Å²) in [5, 5.41) is 14.0. The number of hydrogen-bond acceptors (Lipinski definition) is 5. The van der Waals surface area contributed by atoms with E-state index in [1.165, 1.54) is 16.4 Å². The van der Waals surface area contributed by atoms with E-state index in [1.54, 1.807) is 6.92 Å². The zero-order valence-electron chi connectivity index (χ0n) is 13.9. The lowest BCUT2D eigenvalue weighted by Crippen LogP contribution is -2.39. The lowest BCUT2D eigenvalue weighted by Gasteiger charge is -2.31. The number of piperidine rings is 1. The molecule has 1 aliphatic heterocycles. The van der Waals surface area contributed by atoms with Crippen LogP contribution in [0.15, 0.2) is 23.1 Å². The molecule has 0 unspecified atom stereocenters. The van der Waals surface area contributed by atoms with Crippen LogP contribution in [0.1, 0.15) is 24.8 Å². The normalized spacial score (nSPS) is 16.6. The number of benzene rings is 1. The van der Waals surface area contributed by atoms with Crippen molar-refractivity contribution in [2.45, 2.75) is 31.1 Å². The number of aryl methyl sites for hydroxylation is 1. The molecule has 7 nitrogen and oxygen atoms in total. The summed E-state index contributed by atoms with van der Waals surface area (Å²) in [6.07, 6.45) is 2.70. The molecule has 9 heteroatoms. The lowest BCUT2D eigenvalue weighted by atomic mass is 9.95. The fraction of sp³-hybridized carbons (Fsp3) is 0.600. The summed E-state index contributed by atoms with van der Waals surface area (Å²) in [5.41, 5.74) is 0.339. The third-order valence-corrected chi connectivity index (χ3v) is 6.42. The van der Waals surface area contributed by atoms with Gasteiger partial charge >= 0.3 is 0 Å². The highest BCUT2D eigenvalue weighted by atomic mass is 35.5. The van der Waals surface area contributed by atoms with Gasteiger partial charge < -0.3 is 5.32 Å². The largest absolute Gasteiger partial charge is 0.320 e. The molecule has 0 aromatic heterocycles. The summed E-state index contributed by atoms with van der Waals surface area (Å²) >= 11 is 0. The smallest absolute Gasteiger partial charge is 0.270 e. The van der Waals surface area contributed by atoms with Crippen molar-refractivity contribution in [1.82, 2.24) is 9.62 Å². The zero-order chi connectivity index (χ0) is 17.0. The predicted octanol–water partition coefficient (Wildman–Crippen LogP) is 2.34. The maximum atomic E-state index is 12.8. The van der Waals surface area contributed by atoms with E-state index in [0.717, 1.165) is 31.9 Å². The van der Waals surface area contributed by atoms with Crippen molar-refractivity contribution in [2.75, 3.05) is 26.7 Å². The first-order valence-electron chi connectivity index (χ1n) is 7.76. The van der Waals surface area contributed by atoms with Crippen LogP contribution >= 0.6 is 12.4 Å². The molecular weight excluding hydrogens is 354 g/mol. The van der Waals surface area contributed by atoms with Gasteiger partial charge in [-0.05, 0) is 51.3 Å². The molecule has 136 valence electrons. The van der Waals surface area contributed by atoms with Crippen LogP contribution in [0, 0.1) is 23.0 Å². The molecule has 1 aliphatic rings. The second-order valence-electron chi connectivity index (χ2n) is 5.95. The number of nitro groups is 1. The van der Waals surface area contributed by atoms with E-state index in [2.05, 4.69) is 5.32 Å². The van der Waals surface area contributed by atoms with Gasteiger partial charge in [0, 0.05) is 25.2 Å². The molecule has 0 spiro atoms. The summed E-state index contributed by atoms with van der Waals surface area (Å²) in [5.74, 6) is 0.528. The molecule has 1 N–H and O–H groups in total. The molecule has 1 saturated heterocycles. The van der Waals surface area contributed by atoms with E-state index in [4.69, 9.17) is 0 Å². The average Bonchev–Trinajstić information content (AvgIpc) is 2.53. The third-order valence-electron chi connectivity index (χ3n) is 4.38. The maximum absolute atomic E-state index is 12.8. The molecule has 1 fully saturated rings. The van der Waals surface area contributed by atoms with Gasteiger partial charge in [0.2, 0.25) is 10.0 Å². The Labute approximate surface area is 149 Å². The van der Waals surface area contributed by atoms with Gasteiger partial charge in [0.25, 0.3) is 5.69 Å². The molecule has 0 bridgehead atoms. The Kier molecular flexibility index (Phi) is 7.59. The maximum Gasteiger partial charge on any atom is 0.270 e. The standard InChI is InChI=1S/C15H23N3O4S.ClH/c1-12-3-4-14(18(19)20)11-15(12)23(21,22)17-9-6-13(7-10-17)5-8-16-2;/h3-4,11,13,16H,5-10H2,1-2H3;1H. The van der Waals surface area contributed by atoms with E-state index in [0.29, 0.717) is 24.6 Å². The fourth-order valence-corrected chi connectivity index (χ4v) is 4.62. The molecule has 24 heavy (non-hydrogen) atoms. The Morgan fingerprint density at radius 1 is 1.33 bits per heavy atom. The van der Waals surface area contributed by atoms with Crippen LogP contribution in [-0.4, -0.2) is 44.3 Å². The first-order valence-corrected chi connectivity index (χ1v) is 9.20. The summed E-state index contributed by atoms with van der Waals surface area (Å²) in [6, 6.07) is 3.99. The van der Waals surface area contributed by atoms with Gasteiger partial charge in [-0.3, -0.25) is 10.1 Å². The number of sulfonamides is 1. The van der Waals surface area contributed by atoms with Crippen LogP contribution in [0.5, 0.6) is 0 Å². The van der Waals surface area contributed by atoms with Crippen molar-refractivity contribution in [3.8, 4) is 0 Å². The minimum absolute atomic E-state index is 0. The molecule has 0 saturated carbocycles. The van der Waals surface area contributed by atoms with Gasteiger partial charge in [-0.1, -0.05) is 6.07 Å². The van der Waals surface area contributed by atoms with E-state index in [1.807, 2.05) is 7.05 Å². The summed E-state index contributed by atoms with van der Waals surface area (Å²) in [7, 11) is -1.77. The summed E-state index contributed by atoms with van der Waals surface area (Å²) < 4.78 is 27.0. The first kappa shape index (κ1) is 20.8. The van der Waals surface area contributed by atoms with Gasteiger partial charge in [-0.25, -0.2) is 8.42 Å². The van der Waals surface area contributed by atoms with E-state index in [9.17, 15) is 18.5 Å². The summed E-state index contributed by atoms with van der Waals surface area (Å²) in [4.78, 5) is 10.4. The third kappa shape index (κ3) is 4.66. The van der Waals surface area contributed by atoms with Crippen LogP contribution in [0.2, 0.25) is 0 Å². The molecule has 1 aromatic carbocycles. The van der Waals surface area contributed by atoms with Gasteiger partial charge in [-0.15, -0.1) is 12.4 Å². The van der Waals surface area contributed by atoms with Crippen molar-refractivity contribution in [1.29, 1.82) is 0 Å². The average molecular weight is 378 g/mol. The Balaban J connectivity index is 0.00000288. The van der Waals surface area contributed by atoms with Crippen molar-refractivity contribution in [3.63, 3.8) is 0 Å². The van der Waals surface area contributed by atoms with E-state index < -0.39 is 14.9 Å². The number of halogens is 1. The van der Waals surface area contributed by atoms with Gasteiger partial charge in [-0.2, -0.15) is 4.31 Å². The zero-order valence-corrected chi connectivity index (χ0v) is 15.5. The highest BCUT2D eigenvalue weighted by Crippen LogP contribution is 2.29.